The third-order valence-corrected chi connectivity index (χ3v) is 4.80. The SMILES string of the molecule is CN(C)c1ncc(Br)cc1C(=O)N1C[C@@H](N)[C@H](c2ccccc2)C1. The third-order valence-electron chi connectivity index (χ3n) is 4.37. The molecule has 0 saturated carbocycles. The number of pyridine rings is 1. The largest absolute Gasteiger partial charge is 0.362 e. The summed E-state index contributed by atoms with van der Waals surface area (Å²) in [5, 5.41) is 0. The molecule has 2 aromatic rings. The van der Waals surface area contributed by atoms with E-state index in [1.807, 2.05) is 48.2 Å². The first kappa shape index (κ1) is 16.9. The zero-order valence-corrected chi connectivity index (χ0v) is 15.4. The summed E-state index contributed by atoms with van der Waals surface area (Å²) < 4.78 is 0.791. The predicted octanol–water partition coefficient (Wildman–Crippen LogP) is 2.48. The number of rotatable bonds is 3. The summed E-state index contributed by atoms with van der Waals surface area (Å²) in [4.78, 5) is 21.1. The van der Waals surface area contributed by atoms with Crippen LogP contribution in [-0.2, 0) is 0 Å². The highest BCUT2D eigenvalue weighted by atomic mass is 79.9. The van der Waals surface area contributed by atoms with Crippen molar-refractivity contribution in [1.29, 1.82) is 0 Å². The zero-order valence-electron chi connectivity index (χ0n) is 13.8. The molecule has 5 nitrogen and oxygen atoms in total. The van der Waals surface area contributed by atoms with Crippen LogP contribution in [0.3, 0.4) is 0 Å². The number of amides is 1. The molecule has 2 N–H and O–H groups in total. The quantitative estimate of drug-likeness (QED) is 0.876. The summed E-state index contributed by atoms with van der Waals surface area (Å²) in [5.41, 5.74) is 8.09. The second kappa shape index (κ2) is 6.91. The minimum Gasteiger partial charge on any atom is -0.362 e. The molecule has 3 rings (SSSR count). The second-order valence-electron chi connectivity index (χ2n) is 6.31. The van der Waals surface area contributed by atoms with E-state index < -0.39 is 0 Å². The van der Waals surface area contributed by atoms with E-state index >= 15 is 0 Å². The maximum absolute atomic E-state index is 13.0. The van der Waals surface area contributed by atoms with Gasteiger partial charge in [0.05, 0.1) is 5.56 Å². The Labute approximate surface area is 150 Å². The zero-order chi connectivity index (χ0) is 17.3. The smallest absolute Gasteiger partial charge is 0.257 e. The molecule has 0 unspecified atom stereocenters. The van der Waals surface area contributed by atoms with E-state index in [0.717, 1.165) is 4.47 Å². The molecule has 0 spiro atoms. The molecule has 2 heterocycles. The van der Waals surface area contributed by atoms with Gasteiger partial charge in [0.25, 0.3) is 5.91 Å². The fraction of sp³-hybridized carbons (Fsp3) is 0.333. The highest BCUT2D eigenvalue weighted by Crippen LogP contribution is 2.29. The van der Waals surface area contributed by atoms with Crippen LogP contribution < -0.4 is 10.6 Å². The van der Waals surface area contributed by atoms with Crippen molar-refractivity contribution in [3.63, 3.8) is 0 Å². The molecule has 126 valence electrons. The Hall–Kier alpha value is -1.92. The number of nitrogens with two attached hydrogens (primary N) is 1. The molecule has 1 aliphatic heterocycles. The first-order valence-corrected chi connectivity index (χ1v) is 8.69. The number of aromatic nitrogens is 1. The summed E-state index contributed by atoms with van der Waals surface area (Å²) in [6, 6.07) is 11.9. The van der Waals surface area contributed by atoms with E-state index in [4.69, 9.17) is 5.73 Å². The number of likely N-dealkylation sites (tertiary alicyclic amines) is 1. The van der Waals surface area contributed by atoms with Crippen molar-refractivity contribution in [2.24, 2.45) is 5.73 Å². The van der Waals surface area contributed by atoms with Gasteiger partial charge < -0.3 is 15.5 Å². The van der Waals surface area contributed by atoms with Crippen LogP contribution in [0.1, 0.15) is 21.8 Å². The van der Waals surface area contributed by atoms with Gasteiger partial charge >= 0.3 is 0 Å². The molecule has 0 radical (unpaired) electrons. The van der Waals surface area contributed by atoms with E-state index in [2.05, 4.69) is 33.0 Å². The fourth-order valence-electron chi connectivity index (χ4n) is 3.16. The second-order valence-corrected chi connectivity index (χ2v) is 7.23. The minimum atomic E-state index is -0.0562. The summed E-state index contributed by atoms with van der Waals surface area (Å²) in [7, 11) is 3.77. The Morgan fingerprint density at radius 1 is 1.29 bits per heavy atom. The summed E-state index contributed by atoms with van der Waals surface area (Å²) in [5.74, 6) is 0.805. The van der Waals surface area contributed by atoms with E-state index in [-0.39, 0.29) is 17.9 Å². The number of nitrogens with zero attached hydrogens (tertiary/aromatic N) is 3. The first-order chi connectivity index (χ1) is 11.5. The lowest BCUT2D eigenvalue weighted by atomic mass is 9.95. The number of halogens is 1. The maximum Gasteiger partial charge on any atom is 0.257 e. The van der Waals surface area contributed by atoms with Gasteiger partial charge in [0, 0.05) is 49.8 Å². The molecule has 1 saturated heterocycles. The van der Waals surface area contributed by atoms with Crippen molar-refractivity contribution < 1.29 is 4.79 Å². The van der Waals surface area contributed by atoms with Crippen molar-refractivity contribution >= 4 is 27.7 Å². The maximum atomic E-state index is 13.0. The molecule has 1 aliphatic rings. The van der Waals surface area contributed by atoms with Gasteiger partial charge in [0.2, 0.25) is 0 Å². The number of benzene rings is 1. The molecule has 1 amide bonds. The van der Waals surface area contributed by atoms with Crippen molar-refractivity contribution in [3.05, 3.63) is 58.2 Å². The summed E-state index contributed by atoms with van der Waals surface area (Å²) >= 11 is 3.41. The van der Waals surface area contributed by atoms with Gasteiger partial charge in [0.15, 0.2) is 0 Å². The van der Waals surface area contributed by atoms with Crippen molar-refractivity contribution in [2.45, 2.75) is 12.0 Å². The molecule has 0 bridgehead atoms. The lowest BCUT2D eigenvalue weighted by molar-refractivity contribution is 0.0789. The Bertz CT molecular complexity index is 735. The molecular formula is C18H21BrN4O. The Morgan fingerprint density at radius 2 is 2.00 bits per heavy atom. The van der Waals surface area contributed by atoms with Gasteiger partial charge in [-0.05, 0) is 27.6 Å². The van der Waals surface area contributed by atoms with E-state index in [0.29, 0.717) is 24.5 Å². The fourth-order valence-corrected chi connectivity index (χ4v) is 3.50. The first-order valence-electron chi connectivity index (χ1n) is 7.90. The van der Waals surface area contributed by atoms with Crippen LogP contribution >= 0.6 is 15.9 Å². The topological polar surface area (TPSA) is 62.5 Å². The van der Waals surface area contributed by atoms with Gasteiger partial charge in [-0.2, -0.15) is 0 Å². The Morgan fingerprint density at radius 3 is 2.67 bits per heavy atom. The molecule has 2 atom stereocenters. The van der Waals surface area contributed by atoms with Crippen molar-refractivity contribution in [2.75, 3.05) is 32.1 Å². The van der Waals surface area contributed by atoms with Crippen LogP contribution in [0.25, 0.3) is 0 Å². The Kier molecular flexibility index (Phi) is 4.87. The van der Waals surface area contributed by atoms with Crippen LogP contribution in [0, 0.1) is 0 Å². The summed E-state index contributed by atoms with van der Waals surface area (Å²) in [6.07, 6.45) is 1.70. The van der Waals surface area contributed by atoms with Crippen LogP contribution in [0.4, 0.5) is 5.82 Å². The molecule has 24 heavy (non-hydrogen) atoms. The van der Waals surface area contributed by atoms with Crippen LogP contribution in [0.5, 0.6) is 0 Å². The molecule has 1 fully saturated rings. The van der Waals surface area contributed by atoms with Gasteiger partial charge in [-0.25, -0.2) is 4.98 Å². The molecule has 1 aromatic heterocycles. The van der Waals surface area contributed by atoms with E-state index in [9.17, 15) is 4.79 Å². The monoisotopic (exact) mass is 388 g/mol. The van der Waals surface area contributed by atoms with E-state index in [1.165, 1.54) is 5.56 Å². The van der Waals surface area contributed by atoms with Crippen molar-refractivity contribution in [3.8, 4) is 0 Å². The van der Waals surface area contributed by atoms with Crippen LogP contribution in [0.15, 0.2) is 47.1 Å². The molecule has 1 aromatic carbocycles. The highest BCUT2D eigenvalue weighted by molar-refractivity contribution is 9.10. The third kappa shape index (κ3) is 3.30. The summed E-state index contributed by atoms with van der Waals surface area (Å²) in [6.45, 7) is 1.18. The minimum absolute atomic E-state index is 0.0265. The molecule has 0 aliphatic carbocycles. The van der Waals surface area contributed by atoms with Crippen molar-refractivity contribution in [1.82, 2.24) is 9.88 Å². The Balaban J connectivity index is 1.86. The molecular weight excluding hydrogens is 368 g/mol. The number of hydrogen-bond acceptors (Lipinski definition) is 4. The average molecular weight is 389 g/mol. The van der Waals surface area contributed by atoms with Gasteiger partial charge in [0.1, 0.15) is 5.82 Å². The number of carbonyl (C=O) groups is 1. The van der Waals surface area contributed by atoms with Gasteiger partial charge in [-0.15, -0.1) is 0 Å². The standard InChI is InChI=1S/C18H21BrN4O/c1-22(2)17-14(8-13(19)9-21-17)18(24)23-10-15(16(20)11-23)12-6-4-3-5-7-12/h3-9,15-16H,10-11,20H2,1-2H3/t15-,16+/m0/s1. The molecule has 6 heteroatoms. The number of carbonyl (C=O) groups excluding carboxylic acids is 1. The lowest BCUT2D eigenvalue weighted by Crippen LogP contribution is -2.33. The van der Waals surface area contributed by atoms with E-state index in [1.54, 1.807) is 6.20 Å². The average Bonchev–Trinajstić information content (AvgIpc) is 2.96. The van der Waals surface area contributed by atoms with Crippen LogP contribution in [-0.4, -0.2) is 49.0 Å². The number of hydrogen-bond donors (Lipinski definition) is 1. The highest BCUT2D eigenvalue weighted by Gasteiger charge is 2.35. The predicted molar refractivity (Wildman–Crippen MR) is 99.3 cm³/mol. The van der Waals surface area contributed by atoms with Gasteiger partial charge in [-0.3, -0.25) is 4.79 Å². The normalized spacial score (nSPS) is 20.2. The lowest BCUT2D eigenvalue weighted by Gasteiger charge is -2.21. The number of anilines is 1. The van der Waals surface area contributed by atoms with Gasteiger partial charge in [-0.1, -0.05) is 30.3 Å². The van der Waals surface area contributed by atoms with Crippen LogP contribution in [0.2, 0.25) is 0 Å².